The van der Waals surface area contributed by atoms with Crippen LogP contribution in [-0.2, 0) is 0 Å². The summed E-state index contributed by atoms with van der Waals surface area (Å²) in [6.07, 6.45) is -5.40. The number of alkyl halides is 3. The fourth-order valence-corrected chi connectivity index (χ4v) is 4.26. The minimum Gasteiger partial charge on any atom is -0.497 e. The van der Waals surface area contributed by atoms with Crippen LogP contribution in [0.3, 0.4) is 0 Å². The van der Waals surface area contributed by atoms with Crippen LogP contribution in [0.15, 0.2) is 59.0 Å². The number of urea groups is 1. The lowest BCUT2D eigenvalue weighted by Crippen LogP contribution is -2.72. The van der Waals surface area contributed by atoms with Crippen molar-refractivity contribution >= 4 is 35.0 Å². The first-order valence-electron chi connectivity index (χ1n) is 10.1. The predicted molar refractivity (Wildman–Crippen MR) is 120 cm³/mol. The molecule has 2 heterocycles. The van der Waals surface area contributed by atoms with E-state index in [1.807, 2.05) is 0 Å². The summed E-state index contributed by atoms with van der Waals surface area (Å²) in [5.74, 6) is -3.05. The maximum absolute atomic E-state index is 14.1. The number of hydrogen-bond acceptors (Lipinski definition) is 5. The molecule has 35 heavy (non-hydrogen) atoms. The Morgan fingerprint density at radius 3 is 2.43 bits per heavy atom. The van der Waals surface area contributed by atoms with Crippen molar-refractivity contribution in [3.8, 4) is 17.1 Å². The summed E-state index contributed by atoms with van der Waals surface area (Å²) in [6, 6.07) is 9.65. The molecule has 1 saturated heterocycles. The molecule has 0 aliphatic carbocycles. The van der Waals surface area contributed by atoms with E-state index in [9.17, 15) is 27.9 Å². The smallest absolute Gasteiger partial charge is 0.437 e. The Bertz CT molecular complexity index is 1280. The number of furan rings is 1. The average molecular weight is 529 g/mol. The minimum absolute atomic E-state index is 0.131. The molecule has 12 heteroatoms. The quantitative estimate of drug-likeness (QED) is 0.386. The number of halogens is 5. The van der Waals surface area contributed by atoms with Gasteiger partial charge in [-0.3, -0.25) is 4.79 Å². The number of Topliss-reactive ketones (excluding diaryl/α,β-unsaturated/α-hetero) is 1. The van der Waals surface area contributed by atoms with E-state index in [-0.39, 0.29) is 27.1 Å². The van der Waals surface area contributed by atoms with E-state index in [0.717, 1.165) is 0 Å². The van der Waals surface area contributed by atoms with Crippen LogP contribution in [0.1, 0.15) is 22.2 Å². The van der Waals surface area contributed by atoms with E-state index in [0.29, 0.717) is 11.3 Å². The van der Waals surface area contributed by atoms with Crippen LogP contribution < -0.4 is 15.4 Å². The molecule has 0 spiro atoms. The highest BCUT2D eigenvalue weighted by Crippen LogP contribution is 2.45. The zero-order valence-electron chi connectivity index (χ0n) is 17.8. The number of aliphatic hydroxyl groups is 1. The van der Waals surface area contributed by atoms with Crippen molar-refractivity contribution in [1.82, 2.24) is 10.6 Å². The molecule has 7 nitrogen and oxygen atoms in total. The summed E-state index contributed by atoms with van der Waals surface area (Å²) < 4.78 is 52.9. The second kappa shape index (κ2) is 9.10. The number of nitrogens with one attached hydrogen (secondary N) is 2. The molecule has 1 aromatic heterocycles. The Balaban J connectivity index is 1.82. The van der Waals surface area contributed by atoms with Gasteiger partial charge in [-0.25, -0.2) is 4.79 Å². The van der Waals surface area contributed by atoms with Crippen molar-refractivity contribution in [3.63, 3.8) is 0 Å². The highest BCUT2D eigenvalue weighted by molar-refractivity contribution is 6.43. The van der Waals surface area contributed by atoms with Crippen molar-refractivity contribution < 1.29 is 37.0 Å². The highest BCUT2D eigenvalue weighted by Gasteiger charge is 2.66. The Labute approximate surface area is 206 Å². The number of rotatable bonds is 5. The largest absolute Gasteiger partial charge is 0.497 e. The first-order valence-corrected chi connectivity index (χ1v) is 10.8. The number of ketones is 1. The average Bonchev–Trinajstić information content (AvgIpc) is 3.29. The second-order valence-electron chi connectivity index (χ2n) is 7.71. The summed E-state index contributed by atoms with van der Waals surface area (Å²) in [5.41, 5.74) is -3.70. The molecule has 1 fully saturated rings. The van der Waals surface area contributed by atoms with Gasteiger partial charge in [0, 0.05) is 11.1 Å². The minimum atomic E-state index is -5.40. The van der Waals surface area contributed by atoms with E-state index in [1.54, 1.807) is 12.1 Å². The second-order valence-corrected chi connectivity index (χ2v) is 8.50. The topological polar surface area (TPSA) is 101 Å². The molecular weight excluding hydrogens is 512 g/mol. The van der Waals surface area contributed by atoms with Gasteiger partial charge in [-0.2, -0.15) is 13.2 Å². The van der Waals surface area contributed by atoms with Crippen molar-refractivity contribution in [2.75, 3.05) is 7.11 Å². The monoisotopic (exact) mass is 528 g/mol. The molecule has 0 bridgehead atoms. The summed E-state index contributed by atoms with van der Waals surface area (Å²) in [6.45, 7) is 0. The zero-order valence-corrected chi connectivity index (χ0v) is 19.3. The van der Waals surface area contributed by atoms with Crippen LogP contribution in [0, 0.1) is 5.92 Å². The van der Waals surface area contributed by atoms with Gasteiger partial charge in [-0.1, -0.05) is 29.3 Å². The predicted octanol–water partition coefficient (Wildman–Crippen LogP) is 5.37. The molecule has 4 rings (SSSR count). The maximum atomic E-state index is 14.1. The molecular formula is C23H17Cl2F3N2O5. The third-order valence-electron chi connectivity index (χ3n) is 5.61. The Morgan fingerprint density at radius 1 is 1.11 bits per heavy atom. The number of methoxy groups -OCH3 is 1. The summed E-state index contributed by atoms with van der Waals surface area (Å²) in [7, 11) is 1.39. The third kappa shape index (κ3) is 4.44. The lowest BCUT2D eigenvalue weighted by Gasteiger charge is -2.44. The molecule has 0 unspecified atom stereocenters. The van der Waals surface area contributed by atoms with Crippen LogP contribution in [0.25, 0.3) is 11.3 Å². The van der Waals surface area contributed by atoms with E-state index in [1.165, 1.54) is 54.9 Å². The van der Waals surface area contributed by atoms with E-state index < -0.39 is 35.7 Å². The SMILES string of the molecule is COc1ccc(C(=O)[C@H]2[C@@H](c3ccc(-c4cccc(Cl)c4Cl)o3)NC(=O)N[C@@]2(O)C(F)(F)F)cc1. The number of amides is 2. The van der Waals surface area contributed by atoms with Gasteiger partial charge in [0.05, 0.1) is 17.2 Å². The molecule has 184 valence electrons. The first-order chi connectivity index (χ1) is 16.5. The lowest BCUT2D eigenvalue weighted by atomic mass is 9.79. The van der Waals surface area contributed by atoms with Gasteiger partial charge in [-0.15, -0.1) is 0 Å². The van der Waals surface area contributed by atoms with E-state index in [2.05, 4.69) is 5.32 Å². The van der Waals surface area contributed by atoms with Gasteiger partial charge in [0.15, 0.2) is 5.78 Å². The lowest BCUT2D eigenvalue weighted by molar-refractivity contribution is -0.288. The number of benzene rings is 2. The standard InChI is InChI=1S/C23H17Cl2F3N2O5/c1-34-12-7-5-11(6-8-12)20(31)17-19(29-21(32)30-22(17,33)23(26,27)28)16-10-9-15(35-16)13-3-2-4-14(24)18(13)25/h2-10,17,19,33H,1H3,(H2,29,30,32)/t17-,19-,22+/m1/s1. The number of carbonyl (C=O) groups excluding carboxylic acids is 2. The molecule has 1 aliphatic heterocycles. The molecule has 3 aromatic rings. The third-order valence-corrected chi connectivity index (χ3v) is 6.43. The molecule has 0 saturated carbocycles. The van der Waals surface area contributed by atoms with Gasteiger partial charge in [-0.05, 0) is 48.5 Å². The van der Waals surface area contributed by atoms with Crippen LogP contribution >= 0.6 is 23.2 Å². The fraction of sp³-hybridized carbons (Fsp3) is 0.217. The van der Waals surface area contributed by atoms with Crippen LogP contribution in [0.4, 0.5) is 18.0 Å². The van der Waals surface area contributed by atoms with E-state index >= 15 is 0 Å². The van der Waals surface area contributed by atoms with Crippen molar-refractivity contribution in [1.29, 1.82) is 0 Å². The van der Waals surface area contributed by atoms with Gasteiger partial charge in [0.25, 0.3) is 0 Å². The Kier molecular flexibility index (Phi) is 6.48. The van der Waals surface area contributed by atoms with Crippen molar-refractivity contribution in [2.24, 2.45) is 5.92 Å². The molecule has 3 atom stereocenters. The molecule has 3 N–H and O–H groups in total. The Morgan fingerprint density at radius 2 is 1.80 bits per heavy atom. The zero-order chi connectivity index (χ0) is 25.5. The molecule has 2 amide bonds. The van der Waals surface area contributed by atoms with Crippen molar-refractivity contribution in [2.45, 2.75) is 17.9 Å². The fourth-order valence-electron chi connectivity index (χ4n) is 3.87. The molecule has 1 aliphatic rings. The molecule has 0 radical (unpaired) electrons. The van der Waals surface area contributed by atoms with Crippen LogP contribution in [0.2, 0.25) is 10.0 Å². The summed E-state index contributed by atoms with van der Waals surface area (Å²) >= 11 is 12.2. The van der Waals surface area contributed by atoms with Gasteiger partial charge < -0.3 is 24.9 Å². The maximum Gasteiger partial charge on any atom is 0.437 e. The number of carbonyl (C=O) groups is 2. The summed E-state index contributed by atoms with van der Waals surface area (Å²) in [5, 5.41) is 14.8. The normalized spacial score (nSPS) is 22.3. The van der Waals surface area contributed by atoms with Gasteiger partial charge >= 0.3 is 12.2 Å². The van der Waals surface area contributed by atoms with Crippen LogP contribution in [0.5, 0.6) is 5.75 Å². The van der Waals surface area contributed by atoms with E-state index in [4.69, 9.17) is 32.4 Å². The first kappa shape index (κ1) is 24.9. The number of hydrogen-bond donors (Lipinski definition) is 3. The highest BCUT2D eigenvalue weighted by atomic mass is 35.5. The van der Waals surface area contributed by atoms with Crippen molar-refractivity contribution in [3.05, 3.63) is 76.0 Å². The molecule has 2 aromatic carbocycles. The number of ether oxygens (including phenoxy) is 1. The summed E-state index contributed by atoms with van der Waals surface area (Å²) in [4.78, 5) is 25.5. The van der Waals surface area contributed by atoms with Gasteiger partial charge in [0.1, 0.15) is 29.2 Å². The van der Waals surface area contributed by atoms with Crippen LogP contribution in [-0.4, -0.2) is 35.9 Å². The Hall–Kier alpha value is -3.21. The van der Waals surface area contributed by atoms with Gasteiger partial charge in [0.2, 0.25) is 5.72 Å².